The molecule has 0 spiro atoms. The molecule has 15 heavy (non-hydrogen) atoms. The third-order valence-electron chi connectivity index (χ3n) is 2.20. The lowest BCUT2D eigenvalue weighted by atomic mass is 10.2. The average molecular weight is 202 g/mol. The van der Waals surface area contributed by atoms with Crippen molar-refractivity contribution >= 4 is 11.4 Å². The number of nitrogens with one attached hydrogen (secondary N) is 1. The molecule has 0 aliphatic carbocycles. The van der Waals surface area contributed by atoms with Crippen LogP contribution >= 0.6 is 0 Å². The molecule has 0 aliphatic rings. The molecule has 0 amide bonds. The van der Waals surface area contributed by atoms with Gasteiger partial charge in [0.05, 0.1) is 11.4 Å². The Morgan fingerprint density at radius 1 is 1.33 bits per heavy atom. The zero-order chi connectivity index (χ0) is 11.1. The van der Waals surface area contributed by atoms with E-state index in [1.165, 1.54) is 11.4 Å². The summed E-state index contributed by atoms with van der Waals surface area (Å²) in [5, 5.41) is 3.39. The van der Waals surface area contributed by atoms with Crippen LogP contribution in [-0.2, 0) is 0 Å². The molecule has 0 aromatic heterocycles. The molecule has 0 bridgehead atoms. The lowest BCUT2D eigenvalue weighted by Gasteiger charge is -2.18. The summed E-state index contributed by atoms with van der Waals surface area (Å²) in [6.07, 6.45) is 7.04. The maximum Gasteiger partial charge on any atom is 0.0596 e. The number of anilines is 2. The van der Waals surface area contributed by atoms with Gasteiger partial charge in [0.25, 0.3) is 0 Å². The van der Waals surface area contributed by atoms with Gasteiger partial charge in [0.15, 0.2) is 0 Å². The molecule has 80 valence electrons. The molecule has 0 saturated carbocycles. The molecular formula is C13H18N2. The molecule has 2 heteroatoms. The predicted octanol–water partition coefficient (Wildman–Crippen LogP) is 2.58. The lowest BCUT2D eigenvalue weighted by molar-refractivity contribution is 0.906. The zero-order valence-corrected chi connectivity index (χ0v) is 9.46. The number of rotatable bonds is 5. The van der Waals surface area contributed by atoms with E-state index in [1.807, 2.05) is 26.2 Å². The van der Waals surface area contributed by atoms with Crippen molar-refractivity contribution in [1.82, 2.24) is 0 Å². The highest BCUT2D eigenvalue weighted by Crippen LogP contribution is 2.23. The van der Waals surface area contributed by atoms with Crippen molar-refractivity contribution in [3.05, 3.63) is 24.3 Å². The zero-order valence-electron chi connectivity index (χ0n) is 9.46. The molecule has 0 saturated heterocycles. The molecule has 1 aromatic carbocycles. The van der Waals surface area contributed by atoms with Gasteiger partial charge < -0.3 is 10.2 Å². The minimum absolute atomic E-state index is 0.830. The Bertz CT molecular complexity index is 337. The Morgan fingerprint density at radius 3 is 2.73 bits per heavy atom. The van der Waals surface area contributed by atoms with Gasteiger partial charge in [-0.3, -0.25) is 0 Å². The number of benzene rings is 1. The second-order valence-corrected chi connectivity index (χ2v) is 3.65. The SMILES string of the molecule is C#CCCCNc1ccccc1N(C)C. The Balaban J connectivity index is 2.56. The molecule has 0 radical (unpaired) electrons. The molecule has 0 heterocycles. The first-order valence-electron chi connectivity index (χ1n) is 5.19. The summed E-state index contributed by atoms with van der Waals surface area (Å²) >= 11 is 0. The summed E-state index contributed by atoms with van der Waals surface area (Å²) in [6, 6.07) is 8.27. The summed E-state index contributed by atoms with van der Waals surface area (Å²) in [7, 11) is 4.09. The minimum atomic E-state index is 0.830. The van der Waals surface area contributed by atoms with E-state index in [4.69, 9.17) is 6.42 Å². The van der Waals surface area contributed by atoms with Gasteiger partial charge >= 0.3 is 0 Å². The van der Waals surface area contributed by atoms with Crippen LogP contribution in [0.2, 0.25) is 0 Å². The molecule has 1 N–H and O–H groups in total. The summed E-state index contributed by atoms with van der Waals surface area (Å²) in [5.41, 5.74) is 2.37. The van der Waals surface area contributed by atoms with Gasteiger partial charge in [0.1, 0.15) is 0 Å². The van der Waals surface area contributed by atoms with Crippen molar-refractivity contribution in [2.75, 3.05) is 30.9 Å². The molecular weight excluding hydrogens is 184 g/mol. The fourth-order valence-electron chi connectivity index (χ4n) is 1.43. The second kappa shape index (κ2) is 5.98. The van der Waals surface area contributed by atoms with E-state index >= 15 is 0 Å². The van der Waals surface area contributed by atoms with Gasteiger partial charge in [-0.15, -0.1) is 12.3 Å². The number of para-hydroxylation sites is 2. The van der Waals surface area contributed by atoms with Gasteiger partial charge in [-0.1, -0.05) is 12.1 Å². The summed E-state index contributed by atoms with van der Waals surface area (Å²) < 4.78 is 0. The van der Waals surface area contributed by atoms with Crippen LogP contribution in [-0.4, -0.2) is 20.6 Å². The van der Waals surface area contributed by atoms with Gasteiger partial charge in [0.2, 0.25) is 0 Å². The van der Waals surface area contributed by atoms with Crippen molar-refractivity contribution in [1.29, 1.82) is 0 Å². The lowest BCUT2D eigenvalue weighted by Crippen LogP contribution is -2.12. The highest BCUT2D eigenvalue weighted by molar-refractivity contribution is 5.69. The summed E-state index contributed by atoms with van der Waals surface area (Å²) in [5.74, 6) is 2.64. The normalized spacial score (nSPS) is 9.40. The molecule has 0 atom stereocenters. The highest BCUT2D eigenvalue weighted by Gasteiger charge is 2.01. The molecule has 0 unspecified atom stereocenters. The van der Waals surface area contributed by atoms with Crippen molar-refractivity contribution in [2.45, 2.75) is 12.8 Å². The topological polar surface area (TPSA) is 15.3 Å². The standard InChI is InChI=1S/C13H18N2/c1-4-5-8-11-14-12-9-6-7-10-13(12)15(2)3/h1,6-7,9-10,14H,5,8,11H2,2-3H3. The van der Waals surface area contributed by atoms with Crippen LogP contribution in [0.1, 0.15) is 12.8 Å². The van der Waals surface area contributed by atoms with Crippen molar-refractivity contribution in [3.8, 4) is 12.3 Å². The average Bonchev–Trinajstić information content (AvgIpc) is 2.25. The third-order valence-corrected chi connectivity index (χ3v) is 2.20. The molecule has 0 aliphatic heterocycles. The summed E-state index contributed by atoms with van der Waals surface area (Å²) in [4.78, 5) is 2.10. The van der Waals surface area contributed by atoms with E-state index in [0.29, 0.717) is 0 Å². The maximum atomic E-state index is 5.20. The highest BCUT2D eigenvalue weighted by atomic mass is 15.1. The van der Waals surface area contributed by atoms with Crippen LogP contribution < -0.4 is 10.2 Å². The fourth-order valence-corrected chi connectivity index (χ4v) is 1.43. The van der Waals surface area contributed by atoms with Crippen LogP contribution in [0.4, 0.5) is 11.4 Å². The van der Waals surface area contributed by atoms with Crippen LogP contribution in [0, 0.1) is 12.3 Å². The van der Waals surface area contributed by atoms with E-state index in [2.05, 4.69) is 28.3 Å². The first-order chi connectivity index (χ1) is 7.25. The quantitative estimate of drug-likeness (QED) is 0.583. The van der Waals surface area contributed by atoms with Crippen LogP contribution in [0.5, 0.6) is 0 Å². The van der Waals surface area contributed by atoms with Gasteiger partial charge in [-0.25, -0.2) is 0 Å². The summed E-state index contributed by atoms with van der Waals surface area (Å²) in [6.45, 7) is 0.926. The predicted molar refractivity (Wildman–Crippen MR) is 67.3 cm³/mol. The number of hydrogen-bond donors (Lipinski definition) is 1. The van der Waals surface area contributed by atoms with Crippen molar-refractivity contribution in [3.63, 3.8) is 0 Å². The Morgan fingerprint density at radius 2 is 2.07 bits per heavy atom. The Hall–Kier alpha value is -1.62. The monoisotopic (exact) mass is 202 g/mol. The fraction of sp³-hybridized carbons (Fsp3) is 0.385. The smallest absolute Gasteiger partial charge is 0.0596 e. The third kappa shape index (κ3) is 3.55. The van der Waals surface area contributed by atoms with E-state index in [-0.39, 0.29) is 0 Å². The van der Waals surface area contributed by atoms with E-state index in [9.17, 15) is 0 Å². The largest absolute Gasteiger partial charge is 0.383 e. The molecule has 0 fully saturated rings. The van der Waals surface area contributed by atoms with Gasteiger partial charge in [0, 0.05) is 27.1 Å². The van der Waals surface area contributed by atoms with Crippen LogP contribution in [0.15, 0.2) is 24.3 Å². The number of hydrogen-bond acceptors (Lipinski definition) is 2. The Kier molecular flexibility index (Phi) is 4.56. The number of terminal acetylenes is 1. The van der Waals surface area contributed by atoms with Crippen molar-refractivity contribution < 1.29 is 0 Å². The first-order valence-corrected chi connectivity index (χ1v) is 5.19. The molecule has 2 nitrogen and oxygen atoms in total. The van der Waals surface area contributed by atoms with E-state index in [1.54, 1.807) is 0 Å². The van der Waals surface area contributed by atoms with Gasteiger partial charge in [-0.05, 0) is 18.6 Å². The van der Waals surface area contributed by atoms with E-state index in [0.717, 1.165) is 19.4 Å². The maximum absolute atomic E-state index is 5.20. The van der Waals surface area contributed by atoms with Crippen LogP contribution in [0.3, 0.4) is 0 Å². The van der Waals surface area contributed by atoms with Gasteiger partial charge in [-0.2, -0.15) is 0 Å². The Labute approximate surface area is 92.3 Å². The van der Waals surface area contributed by atoms with Crippen molar-refractivity contribution in [2.24, 2.45) is 0 Å². The first kappa shape index (κ1) is 11.5. The van der Waals surface area contributed by atoms with Crippen LogP contribution in [0.25, 0.3) is 0 Å². The molecule has 1 rings (SSSR count). The van der Waals surface area contributed by atoms with E-state index < -0.39 is 0 Å². The minimum Gasteiger partial charge on any atom is -0.383 e. The molecule has 1 aromatic rings. The number of nitrogens with zero attached hydrogens (tertiary/aromatic N) is 1. The second-order valence-electron chi connectivity index (χ2n) is 3.65. The number of unbranched alkanes of at least 4 members (excludes halogenated alkanes) is 1.